The van der Waals surface area contributed by atoms with Crippen molar-refractivity contribution >= 4 is 60.8 Å². The number of hydrogen-bond donors (Lipinski definition) is 1. The Labute approximate surface area is 235 Å². The Morgan fingerprint density at radius 2 is 2.03 bits per heavy atom. The van der Waals surface area contributed by atoms with Gasteiger partial charge in [-0.1, -0.05) is 6.07 Å². The molecule has 9 nitrogen and oxygen atoms in total. The second kappa shape index (κ2) is 10.9. The number of halogens is 1. The van der Waals surface area contributed by atoms with Gasteiger partial charge in [0.25, 0.3) is 6.01 Å². The molecule has 1 aliphatic rings. The Hall–Kier alpha value is -3.08. The molecule has 1 aliphatic heterocycles. The molecule has 36 heavy (non-hydrogen) atoms. The molecule has 3 heterocycles. The Morgan fingerprint density at radius 3 is 2.72 bits per heavy atom. The standard InChI is InChI=1S/C25H22FN3O6.Ca.2H/c1-32-17-6-5-16(27-11-17)13-34-23-18-10-20(24(30)31)29(12-14(18)3-8-21(23)33-2)25-28-19-7-4-15(26)9-22(19)35-25;;;/h3-9,11,20H,10,12-13H2,1-2H3,(H,30,31);;;. The number of aliphatic carboxylic acids is 1. The first kappa shape index (κ1) is 26.0. The number of pyridine rings is 1. The Bertz CT molecular complexity index is 1390. The summed E-state index contributed by atoms with van der Waals surface area (Å²) < 4.78 is 36.1. The van der Waals surface area contributed by atoms with Gasteiger partial charge in [-0.05, 0) is 35.9 Å². The Kier molecular flexibility index (Phi) is 7.87. The molecule has 0 amide bonds. The van der Waals surface area contributed by atoms with E-state index in [1.807, 2.05) is 6.07 Å². The first-order chi connectivity index (χ1) is 17.0. The molecule has 0 radical (unpaired) electrons. The predicted molar refractivity (Wildman–Crippen MR) is 132 cm³/mol. The monoisotopic (exact) mass is 521 g/mol. The van der Waals surface area contributed by atoms with Crippen molar-refractivity contribution < 1.29 is 32.9 Å². The third-order valence-electron chi connectivity index (χ3n) is 5.92. The summed E-state index contributed by atoms with van der Waals surface area (Å²) in [6.07, 6.45) is 1.72. The number of carboxylic acids is 1. The van der Waals surface area contributed by atoms with Crippen LogP contribution in [0.2, 0.25) is 0 Å². The van der Waals surface area contributed by atoms with E-state index < -0.39 is 17.8 Å². The van der Waals surface area contributed by atoms with Gasteiger partial charge >= 0.3 is 43.7 Å². The third kappa shape index (κ3) is 5.07. The number of methoxy groups -OCH3 is 2. The molecule has 0 aliphatic carbocycles. The first-order valence-electron chi connectivity index (χ1n) is 10.8. The zero-order chi connectivity index (χ0) is 24.5. The summed E-state index contributed by atoms with van der Waals surface area (Å²) in [6, 6.07) is 10.3. The van der Waals surface area contributed by atoms with E-state index >= 15 is 0 Å². The summed E-state index contributed by atoms with van der Waals surface area (Å²) in [7, 11) is 3.09. The van der Waals surface area contributed by atoms with Crippen LogP contribution in [-0.2, 0) is 24.4 Å². The van der Waals surface area contributed by atoms with Crippen LogP contribution >= 0.6 is 0 Å². The van der Waals surface area contributed by atoms with Gasteiger partial charge in [0.05, 0.1) is 26.1 Å². The van der Waals surface area contributed by atoms with Crippen molar-refractivity contribution in [2.45, 2.75) is 25.6 Å². The molecule has 1 unspecified atom stereocenters. The summed E-state index contributed by atoms with van der Waals surface area (Å²) in [5.41, 5.74) is 2.94. The summed E-state index contributed by atoms with van der Waals surface area (Å²) >= 11 is 0. The number of benzene rings is 2. The van der Waals surface area contributed by atoms with Crippen molar-refractivity contribution in [3.8, 4) is 17.2 Å². The van der Waals surface area contributed by atoms with Crippen molar-refractivity contribution in [2.75, 3.05) is 19.1 Å². The van der Waals surface area contributed by atoms with Crippen molar-refractivity contribution in [2.24, 2.45) is 0 Å². The van der Waals surface area contributed by atoms with Gasteiger partial charge in [-0.3, -0.25) is 4.98 Å². The van der Waals surface area contributed by atoms with Crippen LogP contribution in [0.25, 0.3) is 11.1 Å². The average Bonchev–Trinajstić information content (AvgIpc) is 3.29. The number of hydrogen-bond acceptors (Lipinski definition) is 8. The van der Waals surface area contributed by atoms with E-state index in [1.54, 1.807) is 36.4 Å². The average molecular weight is 522 g/mol. The van der Waals surface area contributed by atoms with Gasteiger partial charge in [-0.2, -0.15) is 4.98 Å². The second-order valence-corrected chi connectivity index (χ2v) is 8.01. The van der Waals surface area contributed by atoms with Crippen molar-refractivity contribution in [3.05, 3.63) is 71.3 Å². The minimum absolute atomic E-state index is 0. The fourth-order valence-electron chi connectivity index (χ4n) is 4.13. The quantitative estimate of drug-likeness (QED) is 0.367. The van der Waals surface area contributed by atoms with E-state index in [9.17, 15) is 14.3 Å². The normalized spacial score (nSPS) is 14.6. The number of carbonyl (C=O) groups is 1. The number of anilines is 1. The van der Waals surface area contributed by atoms with Crippen LogP contribution < -0.4 is 19.1 Å². The molecule has 0 spiro atoms. The van der Waals surface area contributed by atoms with Crippen LogP contribution in [0.4, 0.5) is 10.4 Å². The molecule has 2 aromatic carbocycles. The van der Waals surface area contributed by atoms with Crippen LogP contribution in [0.5, 0.6) is 17.2 Å². The van der Waals surface area contributed by atoms with Crippen LogP contribution in [0, 0.1) is 5.82 Å². The summed E-state index contributed by atoms with van der Waals surface area (Å²) in [5, 5.41) is 10.0. The number of fused-ring (bicyclic) bond motifs is 2. The van der Waals surface area contributed by atoms with Crippen molar-refractivity contribution in [1.82, 2.24) is 9.97 Å². The van der Waals surface area contributed by atoms with E-state index in [0.29, 0.717) is 28.5 Å². The summed E-state index contributed by atoms with van der Waals surface area (Å²) in [5.74, 6) is 0.0870. The molecule has 1 atom stereocenters. The molecule has 11 heteroatoms. The Morgan fingerprint density at radius 1 is 1.19 bits per heavy atom. The number of aromatic nitrogens is 2. The molecule has 5 rings (SSSR count). The van der Waals surface area contributed by atoms with Crippen LogP contribution in [0.3, 0.4) is 0 Å². The Balaban J connectivity index is 0.00000304. The number of rotatable bonds is 7. The molecule has 4 aromatic rings. The number of ether oxygens (including phenoxy) is 3. The van der Waals surface area contributed by atoms with Gasteiger partial charge < -0.3 is 28.6 Å². The van der Waals surface area contributed by atoms with Crippen LogP contribution in [-0.4, -0.2) is 79.0 Å². The van der Waals surface area contributed by atoms with Gasteiger partial charge in [0.1, 0.15) is 29.7 Å². The maximum atomic E-state index is 13.6. The van der Waals surface area contributed by atoms with Gasteiger partial charge in [0.15, 0.2) is 17.1 Å². The topological polar surface area (TPSA) is 107 Å². The van der Waals surface area contributed by atoms with Gasteiger partial charge in [-0.25, -0.2) is 9.18 Å². The van der Waals surface area contributed by atoms with Crippen LogP contribution in [0.15, 0.2) is 53.1 Å². The first-order valence-corrected chi connectivity index (χ1v) is 10.8. The summed E-state index contributed by atoms with van der Waals surface area (Å²) in [6.45, 7) is 0.373. The van der Waals surface area contributed by atoms with Crippen molar-refractivity contribution in [1.29, 1.82) is 0 Å². The molecule has 184 valence electrons. The van der Waals surface area contributed by atoms with E-state index in [2.05, 4.69) is 9.97 Å². The number of carboxylic acid groups (broad SMARTS) is 1. The SMILES string of the molecule is COc1ccc(COc2c(OC)ccc3c2CC(C(=O)O)N(c2nc4ccc(F)cc4o2)C3)nc1.[CaH2]. The predicted octanol–water partition coefficient (Wildman–Crippen LogP) is 3.06. The van der Waals surface area contributed by atoms with Crippen LogP contribution in [0.1, 0.15) is 16.8 Å². The van der Waals surface area contributed by atoms with Gasteiger partial charge in [0, 0.05) is 24.6 Å². The second-order valence-electron chi connectivity index (χ2n) is 8.01. The maximum absolute atomic E-state index is 13.6. The fraction of sp³-hybridized carbons (Fsp3) is 0.240. The molecular formula is C25H24CaFN3O6. The zero-order valence-electron chi connectivity index (χ0n) is 19.0. The molecule has 0 saturated carbocycles. The molecule has 0 fully saturated rings. The molecule has 2 aromatic heterocycles. The molecule has 0 saturated heterocycles. The number of oxazole rings is 1. The van der Waals surface area contributed by atoms with E-state index in [0.717, 1.165) is 11.1 Å². The van der Waals surface area contributed by atoms with E-state index in [4.69, 9.17) is 18.6 Å². The zero-order valence-corrected chi connectivity index (χ0v) is 19.0. The third-order valence-corrected chi connectivity index (χ3v) is 5.92. The molecule has 1 N–H and O–H groups in total. The molecule has 0 bridgehead atoms. The van der Waals surface area contributed by atoms with Gasteiger partial charge in [-0.15, -0.1) is 0 Å². The summed E-state index contributed by atoms with van der Waals surface area (Å²) in [4.78, 5) is 22.5. The van der Waals surface area contributed by atoms with Crippen molar-refractivity contribution in [3.63, 3.8) is 0 Å². The van der Waals surface area contributed by atoms with E-state index in [1.165, 1.54) is 25.3 Å². The van der Waals surface area contributed by atoms with E-state index in [-0.39, 0.29) is 68.9 Å². The fourth-order valence-corrected chi connectivity index (χ4v) is 4.13. The number of nitrogens with zero attached hydrogens (tertiary/aromatic N) is 3. The minimum atomic E-state index is -1.05. The molecular weight excluding hydrogens is 497 g/mol. The van der Waals surface area contributed by atoms with Gasteiger partial charge in [0.2, 0.25) is 0 Å².